The van der Waals surface area contributed by atoms with Crippen LogP contribution < -0.4 is 31.9 Å². The first-order chi connectivity index (χ1) is 59.7. The number of aliphatic hydroxyl groups excluding tert-OH is 1. The van der Waals surface area contributed by atoms with Crippen molar-refractivity contribution in [3.8, 4) is 0 Å². The number of hydrogen-bond donors (Lipinski definition) is 9. The number of carboxylic acid groups (broad SMARTS) is 1. The summed E-state index contributed by atoms with van der Waals surface area (Å²) >= 11 is 0. The summed E-state index contributed by atoms with van der Waals surface area (Å²) in [7, 11) is 1.77. The van der Waals surface area contributed by atoms with Crippen LogP contribution in [0.5, 0.6) is 0 Å². The Balaban J connectivity index is 0.000000430. The number of carboxylic acids is 1. The molecule has 7 heterocycles. The molecule has 7 rings (SSSR count). The Morgan fingerprint density at radius 3 is 1.24 bits per heavy atom. The van der Waals surface area contributed by atoms with Crippen LogP contribution in [0.3, 0.4) is 0 Å². The Bertz CT molecular complexity index is 3590. The Kier molecular flexibility index (Phi) is 39.9. The lowest BCUT2D eigenvalue weighted by Crippen LogP contribution is -2.58. The van der Waals surface area contributed by atoms with Gasteiger partial charge in [-0.1, -0.05) is 166 Å². The average Bonchev–Trinajstić information content (AvgIpc) is 1.56. The molecule has 0 aromatic rings. The SMILES string of the molecule is CC1OC(=O)C(C(C)C)NC(=O)C(C(C)C)NC(=O)C(C(C)C)OC(=O)C(C)OC(=O)C(C(C)C)NC(=O)C(C(C)C)OC(=O)C(C(C)C)NC(=O)C(C)OC(=O)C(C(C)C)NC(=O)C(C(C)C)OC(=O)C(C(C)C)NC1=O.CO[C@@H]1C[C@@H](C[C@H]2CC[C@H](C)[C@H]([C@@H](C)C(=O)O)O2)O[C@]2(O[C@](C)([C@H]3CC[C@@](C)([C@@H]4O[C@@H]([C@H]5O[C@@](O)(CO)[C@H](C)C[C@@H]5C)C[C@@H]4C)O3)C[C@H]2C)[C@@H]1C. The van der Waals surface area contributed by atoms with E-state index in [0.29, 0.717) is 6.42 Å². The van der Waals surface area contributed by atoms with Gasteiger partial charge in [0.15, 0.2) is 48.2 Å². The normalized spacial score (nSPS) is 38.9. The first-order valence-electron chi connectivity index (χ1n) is 46.9. The molecule has 7 fully saturated rings. The fraction of sp³-hybridized carbons (Fsp3) is 0.862. The van der Waals surface area contributed by atoms with E-state index >= 15 is 0 Å². The van der Waals surface area contributed by atoms with Crippen molar-refractivity contribution in [2.45, 2.75) is 410 Å². The molecule has 129 heavy (non-hydrogen) atoms. The summed E-state index contributed by atoms with van der Waals surface area (Å²) in [5.74, 6) is -21.0. The van der Waals surface area contributed by atoms with Crippen LogP contribution >= 0.6 is 0 Å². The quantitative estimate of drug-likeness (QED) is 0.0462. The molecular weight excluding hydrogens is 1680 g/mol. The highest BCUT2D eigenvalue weighted by atomic mass is 16.7. The minimum absolute atomic E-state index is 0.00727. The topological polar surface area (TPSA) is 475 Å². The lowest BCUT2D eigenvalue weighted by molar-refractivity contribution is -0.353. The standard InChI is InChI=1S/C54H90N6O18.C40H68O11/c1-22(2)34-45(63)58-35(23(3)4)50(68)73-31(19)43(61)56-38(26(9)10)53(71)77-41(29(15)16)47(65)59-36(24(5)6)51(69)74-32(20)44(62)57-39(27(11)12)54(72)78-42(30(17)18)48(66)60-37(25(7)8)52(70)75-33(21)49(67)76-40(28(13)14)46(64)55-34;1-21-11-12-28(46-33(21)26(6)36(42)43)17-29-18-30(45-10)27(7)40(48-29)25(5)19-38(9,51-40)32-13-14-37(8,49-32)35-23(3)16-31(47-35)34-22(2)15-24(4)39(44,20-41)50-34/h22-42H,1-21H3,(H,55,64)(H,56,61)(H,57,62)(H,58,63)(H,59,65)(H,60,66);21-35,41,44H,11-20H2,1-10H3,(H,42,43)/t;21-,22-,23-,24+,25+,26+,27+,28+,29+,30+,31+,32+,33+,34-,35+,37-,38-,39-,40+/m.0/s1. The largest absolute Gasteiger partial charge is 0.481 e. The molecule has 7 saturated heterocycles. The number of amides is 6. The summed E-state index contributed by atoms with van der Waals surface area (Å²) in [5, 5.41) is 45.9. The van der Waals surface area contributed by atoms with Crippen LogP contribution in [0, 0.1) is 94.7 Å². The van der Waals surface area contributed by atoms with E-state index in [1.54, 1.807) is 139 Å². The molecule has 7 aliphatic rings. The number of esters is 6. The molecule has 7 aliphatic heterocycles. The Morgan fingerprint density at radius 2 is 0.829 bits per heavy atom. The fourth-order valence-corrected chi connectivity index (χ4v) is 18.8. The van der Waals surface area contributed by atoms with Crippen molar-refractivity contribution in [2.75, 3.05) is 13.7 Å². The van der Waals surface area contributed by atoms with Gasteiger partial charge in [-0.05, 0) is 158 Å². The van der Waals surface area contributed by atoms with Crippen LogP contribution in [0.1, 0.15) is 265 Å². The van der Waals surface area contributed by atoms with Gasteiger partial charge in [-0.3, -0.25) is 33.6 Å². The van der Waals surface area contributed by atoms with Crippen molar-refractivity contribution >= 4 is 77.2 Å². The number of nitrogens with one attached hydrogen (secondary N) is 6. The molecule has 35 heteroatoms. The summed E-state index contributed by atoms with van der Waals surface area (Å²) in [6.45, 7) is 50.6. The lowest BCUT2D eigenvalue weighted by atomic mass is 9.78. The van der Waals surface area contributed by atoms with Crippen molar-refractivity contribution in [1.82, 2.24) is 31.9 Å². The van der Waals surface area contributed by atoms with Crippen LogP contribution in [-0.4, -0.2) is 251 Å². The predicted octanol–water partition coefficient (Wildman–Crippen LogP) is 8.05. The van der Waals surface area contributed by atoms with E-state index in [2.05, 4.69) is 80.4 Å². The number of cyclic esters (lactones) is 6. The molecule has 1 spiro atoms. The summed E-state index contributed by atoms with van der Waals surface area (Å²) in [6, 6.07) is -8.29. The van der Waals surface area contributed by atoms with Gasteiger partial charge in [0.2, 0.25) is 5.91 Å². The molecular formula is C94H158N6O29. The van der Waals surface area contributed by atoms with Crippen LogP contribution in [0.25, 0.3) is 0 Å². The molecule has 738 valence electrons. The zero-order valence-electron chi connectivity index (χ0n) is 82.3. The highest BCUT2D eigenvalue weighted by Gasteiger charge is 2.66. The van der Waals surface area contributed by atoms with Gasteiger partial charge in [0.25, 0.3) is 29.5 Å². The van der Waals surface area contributed by atoms with E-state index < -0.39 is 239 Å². The minimum atomic E-state index is -1.64. The van der Waals surface area contributed by atoms with Crippen molar-refractivity contribution in [1.29, 1.82) is 0 Å². The van der Waals surface area contributed by atoms with Gasteiger partial charge in [0.05, 0.1) is 72.6 Å². The predicted molar refractivity (Wildman–Crippen MR) is 470 cm³/mol. The Labute approximate surface area is 763 Å². The van der Waals surface area contributed by atoms with Gasteiger partial charge >= 0.3 is 41.8 Å². The highest BCUT2D eigenvalue weighted by molar-refractivity contribution is 5.96. The van der Waals surface area contributed by atoms with Gasteiger partial charge < -0.3 is 109 Å². The van der Waals surface area contributed by atoms with E-state index in [1.165, 1.54) is 20.8 Å². The zero-order chi connectivity index (χ0) is 97.8. The van der Waals surface area contributed by atoms with Crippen LogP contribution in [0.15, 0.2) is 0 Å². The van der Waals surface area contributed by atoms with E-state index in [4.69, 9.17) is 61.6 Å². The summed E-state index contributed by atoms with van der Waals surface area (Å²) < 4.78 is 80.3. The maximum absolute atomic E-state index is 13.9. The second-order valence-electron chi connectivity index (χ2n) is 41.3. The first-order valence-corrected chi connectivity index (χ1v) is 46.9. The molecule has 0 bridgehead atoms. The van der Waals surface area contributed by atoms with Gasteiger partial charge in [0.1, 0.15) is 36.3 Å². The Hall–Kier alpha value is -7.25. The second-order valence-corrected chi connectivity index (χ2v) is 41.3. The second kappa shape index (κ2) is 46.6. The van der Waals surface area contributed by atoms with Gasteiger partial charge in [-0.25, -0.2) is 28.8 Å². The highest BCUT2D eigenvalue weighted by Crippen LogP contribution is 2.57. The average molecular weight is 1840 g/mol. The van der Waals surface area contributed by atoms with Gasteiger partial charge in [0, 0.05) is 37.7 Å². The molecule has 0 aliphatic carbocycles. The van der Waals surface area contributed by atoms with Crippen molar-refractivity contribution in [3.63, 3.8) is 0 Å². The van der Waals surface area contributed by atoms with E-state index in [0.717, 1.165) is 51.4 Å². The summed E-state index contributed by atoms with van der Waals surface area (Å²) in [4.78, 5) is 176. The fourth-order valence-electron chi connectivity index (χ4n) is 18.8. The maximum Gasteiger partial charge on any atom is 0.347 e. The molecule has 9 N–H and O–H groups in total. The van der Waals surface area contributed by atoms with E-state index in [9.17, 15) is 77.6 Å². The third-order valence-corrected chi connectivity index (χ3v) is 27.0. The Morgan fingerprint density at radius 1 is 0.426 bits per heavy atom. The van der Waals surface area contributed by atoms with Gasteiger partial charge in [-0.2, -0.15) is 0 Å². The number of ether oxygens (including phenoxy) is 13. The van der Waals surface area contributed by atoms with Crippen molar-refractivity contribution in [2.24, 2.45) is 94.7 Å². The molecule has 35 nitrogen and oxygen atoms in total. The number of aliphatic carboxylic acids is 1. The number of carbonyl (C=O) groups is 13. The summed E-state index contributed by atoms with van der Waals surface area (Å²) in [5.41, 5.74) is -1.10. The molecule has 0 aromatic heterocycles. The van der Waals surface area contributed by atoms with Crippen LogP contribution in [0.4, 0.5) is 0 Å². The van der Waals surface area contributed by atoms with E-state index in [1.807, 2.05) is 6.92 Å². The number of rotatable bonds is 18. The third kappa shape index (κ3) is 27.5. The number of carbonyl (C=O) groups excluding carboxylic acids is 12. The first kappa shape index (κ1) is 110. The van der Waals surface area contributed by atoms with Gasteiger partial charge in [-0.15, -0.1) is 0 Å². The lowest BCUT2D eigenvalue weighted by Gasteiger charge is -2.50. The minimum Gasteiger partial charge on any atom is -0.481 e. The van der Waals surface area contributed by atoms with Crippen LogP contribution in [0.2, 0.25) is 0 Å². The molecule has 0 saturated carbocycles. The molecule has 0 radical (unpaired) electrons. The molecule has 31 atom stereocenters. The van der Waals surface area contributed by atoms with E-state index in [-0.39, 0.29) is 84.3 Å². The molecule has 12 unspecified atom stereocenters. The molecule has 0 aromatic carbocycles. The van der Waals surface area contributed by atoms with Crippen molar-refractivity contribution < 1.29 is 139 Å². The maximum atomic E-state index is 13.9. The summed E-state index contributed by atoms with van der Waals surface area (Å²) in [6.07, 6.45) is -3.48. The number of aliphatic hydroxyl groups is 2. The number of hydrogen-bond acceptors (Lipinski definition) is 28. The molecule has 6 amide bonds. The third-order valence-electron chi connectivity index (χ3n) is 27.0. The monoisotopic (exact) mass is 1840 g/mol. The van der Waals surface area contributed by atoms with Crippen LogP contribution in [-0.2, 0) is 124 Å². The van der Waals surface area contributed by atoms with Crippen molar-refractivity contribution in [3.05, 3.63) is 0 Å². The number of methoxy groups -OCH3 is 1. The zero-order valence-corrected chi connectivity index (χ0v) is 82.3. The smallest absolute Gasteiger partial charge is 0.347 e.